The van der Waals surface area contributed by atoms with Gasteiger partial charge in [0.2, 0.25) is 0 Å². The van der Waals surface area contributed by atoms with Crippen LogP contribution >= 0.6 is 0 Å². The van der Waals surface area contributed by atoms with Gasteiger partial charge in [-0.3, -0.25) is 9.59 Å². The van der Waals surface area contributed by atoms with Gasteiger partial charge in [0.1, 0.15) is 24.7 Å². The van der Waals surface area contributed by atoms with Crippen molar-refractivity contribution >= 4 is 17.4 Å². The number of ether oxygens (including phenoxy) is 3. The SMILES string of the molecule is CCCCCOc1cccc([C@@H]2/C(=C(\O)c3ccc4c(c3)OCCO4)C(=O)C(=O)N2CCCN(C)C)c1. The number of amides is 1. The number of likely N-dealkylation sites (tertiary alicyclic amines) is 1. The maximum absolute atomic E-state index is 13.3. The van der Waals surface area contributed by atoms with Crippen LogP contribution in [0.3, 0.4) is 0 Å². The van der Waals surface area contributed by atoms with Crippen molar-refractivity contribution < 1.29 is 28.9 Å². The number of aliphatic hydroxyl groups is 1. The molecule has 2 aromatic rings. The zero-order valence-corrected chi connectivity index (χ0v) is 21.9. The summed E-state index contributed by atoms with van der Waals surface area (Å²) in [7, 11) is 3.93. The molecule has 1 saturated heterocycles. The van der Waals surface area contributed by atoms with Crippen LogP contribution in [0, 0.1) is 0 Å². The highest BCUT2D eigenvalue weighted by atomic mass is 16.6. The first-order valence-corrected chi connectivity index (χ1v) is 13.0. The van der Waals surface area contributed by atoms with E-state index in [4.69, 9.17) is 14.2 Å². The van der Waals surface area contributed by atoms with E-state index in [0.717, 1.165) is 31.4 Å². The van der Waals surface area contributed by atoms with E-state index in [1.807, 2.05) is 43.3 Å². The molecule has 37 heavy (non-hydrogen) atoms. The summed E-state index contributed by atoms with van der Waals surface area (Å²) in [5.74, 6) is 0.205. The molecule has 2 aliphatic heterocycles. The van der Waals surface area contributed by atoms with Crippen molar-refractivity contribution in [2.45, 2.75) is 38.6 Å². The van der Waals surface area contributed by atoms with E-state index in [9.17, 15) is 14.7 Å². The van der Waals surface area contributed by atoms with Crippen molar-refractivity contribution in [1.29, 1.82) is 0 Å². The Labute approximate surface area is 218 Å². The van der Waals surface area contributed by atoms with Gasteiger partial charge in [-0.05, 0) is 69.4 Å². The number of unbranched alkanes of at least 4 members (excludes halogenated alkanes) is 2. The number of ketones is 1. The summed E-state index contributed by atoms with van der Waals surface area (Å²) in [6.07, 6.45) is 3.83. The fourth-order valence-electron chi connectivity index (χ4n) is 4.68. The molecule has 0 saturated carbocycles. The molecule has 0 spiro atoms. The van der Waals surface area contributed by atoms with Crippen molar-refractivity contribution in [3.05, 3.63) is 59.2 Å². The first kappa shape index (κ1) is 26.5. The third kappa shape index (κ3) is 6.07. The highest BCUT2D eigenvalue weighted by Crippen LogP contribution is 2.41. The first-order valence-electron chi connectivity index (χ1n) is 13.0. The van der Waals surface area contributed by atoms with Crippen molar-refractivity contribution in [3.63, 3.8) is 0 Å². The van der Waals surface area contributed by atoms with Gasteiger partial charge in [-0.1, -0.05) is 31.9 Å². The molecule has 2 heterocycles. The number of benzene rings is 2. The third-order valence-corrected chi connectivity index (χ3v) is 6.55. The normalized spacial score (nSPS) is 18.5. The van der Waals surface area contributed by atoms with Gasteiger partial charge in [0.15, 0.2) is 11.5 Å². The Kier molecular flexibility index (Phi) is 8.71. The van der Waals surface area contributed by atoms with Crippen molar-refractivity contribution in [3.8, 4) is 17.2 Å². The monoisotopic (exact) mass is 508 g/mol. The van der Waals surface area contributed by atoms with Crippen LogP contribution < -0.4 is 14.2 Å². The van der Waals surface area contributed by atoms with Gasteiger partial charge in [0, 0.05) is 12.1 Å². The van der Waals surface area contributed by atoms with Gasteiger partial charge in [-0.15, -0.1) is 0 Å². The molecule has 1 atom stereocenters. The molecule has 0 radical (unpaired) electrons. The largest absolute Gasteiger partial charge is 0.507 e. The van der Waals surface area contributed by atoms with E-state index in [1.165, 1.54) is 0 Å². The quantitative estimate of drug-likeness (QED) is 0.208. The summed E-state index contributed by atoms with van der Waals surface area (Å²) in [5.41, 5.74) is 1.18. The summed E-state index contributed by atoms with van der Waals surface area (Å²) >= 11 is 0. The van der Waals surface area contributed by atoms with Crippen LogP contribution in [-0.2, 0) is 9.59 Å². The topological polar surface area (TPSA) is 88.5 Å². The number of carbonyl (C=O) groups excluding carboxylic acids is 2. The standard InChI is InChI=1S/C29H36N2O6/c1-4-5-6-15-35-22-10-7-9-20(18-22)26-25(28(33)29(34)31(26)14-8-13-30(2)3)27(32)21-11-12-23-24(19-21)37-17-16-36-23/h7,9-12,18-19,26,32H,4-6,8,13-17H2,1-3H3/b27-25+/t26-/m1/s1. The average Bonchev–Trinajstić information content (AvgIpc) is 3.15. The fourth-order valence-corrected chi connectivity index (χ4v) is 4.68. The molecule has 8 nitrogen and oxygen atoms in total. The number of Topliss-reactive ketones (excluding diaryl/α,β-unsaturated/α-hetero) is 1. The minimum atomic E-state index is -0.727. The zero-order chi connectivity index (χ0) is 26.4. The smallest absolute Gasteiger partial charge is 0.295 e. The van der Waals surface area contributed by atoms with E-state index in [2.05, 4.69) is 6.92 Å². The number of aliphatic hydroxyl groups excluding tert-OH is 1. The minimum Gasteiger partial charge on any atom is -0.507 e. The molecule has 0 aromatic heterocycles. The van der Waals surface area contributed by atoms with E-state index < -0.39 is 17.7 Å². The lowest BCUT2D eigenvalue weighted by Gasteiger charge is -2.26. The molecule has 1 amide bonds. The van der Waals surface area contributed by atoms with Gasteiger partial charge in [-0.2, -0.15) is 0 Å². The molecule has 0 aliphatic carbocycles. The number of carbonyl (C=O) groups is 2. The second-order valence-corrected chi connectivity index (χ2v) is 9.64. The van der Waals surface area contributed by atoms with Crippen molar-refractivity contribution in [1.82, 2.24) is 9.80 Å². The van der Waals surface area contributed by atoms with Crippen LogP contribution in [0.5, 0.6) is 17.2 Å². The molecule has 2 aliphatic rings. The third-order valence-electron chi connectivity index (χ3n) is 6.55. The molecule has 1 N–H and O–H groups in total. The van der Waals surface area contributed by atoms with E-state index in [1.54, 1.807) is 23.1 Å². The lowest BCUT2D eigenvalue weighted by atomic mass is 9.95. The fraction of sp³-hybridized carbons (Fsp3) is 0.448. The Morgan fingerprint density at radius 2 is 1.84 bits per heavy atom. The molecular weight excluding hydrogens is 472 g/mol. The molecule has 2 aromatic carbocycles. The Bertz CT molecular complexity index is 1160. The average molecular weight is 509 g/mol. The van der Waals surface area contributed by atoms with Gasteiger partial charge in [0.05, 0.1) is 18.2 Å². The zero-order valence-electron chi connectivity index (χ0n) is 21.9. The summed E-state index contributed by atoms with van der Waals surface area (Å²) < 4.78 is 17.2. The van der Waals surface area contributed by atoms with Crippen LogP contribution in [0.25, 0.3) is 5.76 Å². The van der Waals surface area contributed by atoms with Gasteiger partial charge >= 0.3 is 0 Å². The molecule has 4 rings (SSSR count). The summed E-state index contributed by atoms with van der Waals surface area (Å²) in [5, 5.41) is 11.4. The minimum absolute atomic E-state index is 0.0645. The second kappa shape index (κ2) is 12.1. The molecular formula is C29H36N2O6. The number of rotatable bonds is 11. The first-order chi connectivity index (χ1) is 17.9. The van der Waals surface area contributed by atoms with Gasteiger partial charge < -0.3 is 29.1 Å². The lowest BCUT2D eigenvalue weighted by Crippen LogP contribution is -2.32. The molecule has 1 fully saturated rings. The number of hydrogen-bond donors (Lipinski definition) is 1. The summed E-state index contributed by atoms with van der Waals surface area (Å²) in [6, 6.07) is 11.7. The van der Waals surface area contributed by atoms with E-state index in [0.29, 0.717) is 55.6 Å². The van der Waals surface area contributed by atoms with Crippen LogP contribution in [0.15, 0.2) is 48.0 Å². The summed E-state index contributed by atoms with van der Waals surface area (Å²) in [4.78, 5) is 30.1. The van der Waals surface area contributed by atoms with Crippen molar-refractivity contribution in [2.24, 2.45) is 0 Å². The van der Waals surface area contributed by atoms with Crippen LogP contribution in [-0.4, -0.2) is 73.6 Å². The molecule has 198 valence electrons. The van der Waals surface area contributed by atoms with Crippen LogP contribution in [0.1, 0.15) is 49.8 Å². The Morgan fingerprint density at radius 1 is 1.05 bits per heavy atom. The summed E-state index contributed by atoms with van der Waals surface area (Å²) in [6.45, 7) is 4.73. The highest BCUT2D eigenvalue weighted by molar-refractivity contribution is 6.46. The molecule has 0 bridgehead atoms. The Morgan fingerprint density at radius 3 is 2.59 bits per heavy atom. The predicted molar refractivity (Wildman–Crippen MR) is 141 cm³/mol. The van der Waals surface area contributed by atoms with E-state index in [-0.39, 0.29) is 11.3 Å². The lowest BCUT2D eigenvalue weighted by molar-refractivity contribution is -0.139. The Hall–Kier alpha value is -3.52. The number of fused-ring (bicyclic) bond motifs is 1. The maximum Gasteiger partial charge on any atom is 0.295 e. The van der Waals surface area contributed by atoms with Crippen LogP contribution in [0.2, 0.25) is 0 Å². The van der Waals surface area contributed by atoms with Crippen molar-refractivity contribution in [2.75, 3.05) is 47.0 Å². The number of nitrogens with zero attached hydrogens (tertiary/aromatic N) is 2. The second-order valence-electron chi connectivity index (χ2n) is 9.64. The molecule has 8 heteroatoms. The van der Waals surface area contributed by atoms with Crippen LogP contribution in [0.4, 0.5) is 0 Å². The Balaban J connectivity index is 1.72. The highest BCUT2D eigenvalue weighted by Gasteiger charge is 2.46. The molecule has 0 unspecified atom stereocenters. The van der Waals surface area contributed by atoms with Gasteiger partial charge in [0.25, 0.3) is 11.7 Å². The predicted octanol–water partition coefficient (Wildman–Crippen LogP) is 4.40. The number of hydrogen-bond acceptors (Lipinski definition) is 7. The van der Waals surface area contributed by atoms with E-state index >= 15 is 0 Å². The van der Waals surface area contributed by atoms with Gasteiger partial charge in [-0.25, -0.2) is 0 Å². The maximum atomic E-state index is 13.3.